The first-order valence-electron chi connectivity index (χ1n) is 6.01. The molecule has 1 fully saturated rings. The van der Waals surface area contributed by atoms with E-state index in [-0.39, 0.29) is 25.4 Å². The van der Waals surface area contributed by atoms with Crippen molar-refractivity contribution in [1.29, 1.82) is 0 Å². The van der Waals surface area contributed by atoms with E-state index in [0.717, 1.165) is 6.07 Å². The van der Waals surface area contributed by atoms with Gasteiger partial charge in [0.25, 0.3) is 0 Å². The molecule has 0 saturated carbocycles. The molecule has 2 rings (SSSR count). The second-order valence-corrected chi connectivity index (χ2v) is 4.04. The van der Waals surface area contributed by atoms with Gasteiger partial charge in [-0.2, -0.15) is 0 Å². The average molecular weight is 259 g/mol. The number of hydrogen-bond donors (Lipinski definition) is 2. The Bertz CT molecular complexity index is 401. The standard InChI is InChI=1S/C11H13F2NO2.C2H6/c12-9-3-1-2-8(10(9)13)11(14)6-16-5-7(11)4-15;1-2/h1-3,7,15H,4-6,14H2;1-2H3. The van der Waals surface area contributed by atoms with E-state index in [2.05, 4.69) is 0 Å². The zero-order chi connectivity index (χ0) is 13.8. The molecule has 0 spiro atoms. The van der Waals surface area contributed by atoms with Crippen LogP contribution in [0.5, 0.6) is 0 Å². The van der Waals surface area contributed by atoms with Crippen LogP contribution in [0.1, 0.15) is 19.4 Å². The number of nitrogens with two attached hydrogens (primary N) is 1. The van der Waals surface area contributed by atoms with Crippen molar-refractivity contribution in [3.8, 4) is 0 Å². The number of halogens is 2. The second-order valence-electron chi connectivity index (χ2n) is 4.04. The van der Waals surface area contributed by atoms with Gasteiger partial charge in [-0.15, -0.1) is 0 Å². The van der Waals surface area contributed by atoms with Crippen LogP contribution in [0.3, 0.4) is 0 Å². The first-order chi connectivity index (χ1) is 8.59. The van der Waals surface area contributed by atoms with E-state index in [0.29, 0.717) is 0 Å². The molecule has 0 aromatic heterocycles. The fourth-order valence-corrected chi connectivity index (χ4v) is 2.01. The van der Waals surface area contributed by atoms with E-state index in [4.69, 9.17) is 15.6 Å². The Kier molecular flexibility index (Phi) is 5.19. The lowest BCUT2D eigenvalue weighted by Crippen LogP contribution is -2.46. The van der Waals surface area contributed by atoms with Crippen molar-refractivity contribution >= 4 is 0 Å². The van der Waals surface area contributed by atoms with Gasteiger partial charge in [-0.05, 0) is 6.07 Å². The molecule has 3 N–H and O–H groups in total. The van der Waals surface area contributed by atoms with E-state index in [9.17, 15) is 8.78 Å². The summed E-state index contributed by atoms with van der Waals surface area (Å²) in [6, 6.07) is 3.86. The van der Waals surface area contributed by atoms with E-state index >= 15 is 0 Å². The van der Waals surface area contributed by atoms with E-state index in [1.165, 1.54) is 12.1 Å². The maximum Gasteiger partial charge on any atom is 0.163 e. The Morgan fingerprint density at radius 1 is 1.44 bits per heavy atom. The van der Waals surface area contributed by atoms with Crippen LogP contribution in [-0.4, -0.2) is 24.9 Å². The highest BCUT2D eigenvalue weighted by molar-refractivity contribution is 5.29. The number of ether oxygens (including phenoxy) is 1. The molecule has 102 valence electrons. The summed E-state index contributed by atoms with van der Waals surface area (Å²) in [5, 5.41) is 9.15. The molecule has 18 heavy (non-hydrogen) atoms. The zero-order valence-electron chi connectivity index (χ0n) is 10.6. The van der Waals surface area contributed by atoms with Crippen molar-refractivity contribution in [1.82, 2.24) is 0 Å². The smallest absolute Gasteiger partial charge is 0.163 e. The van der Waals surface area contributed by atoms with Gasteiger partial charge < -0.3 is 15.6 Å². The molecule has 0 bridgehead atoms. The minimum absolute atomic E-state index is 0.0593. The van der Waals surface area contributed by atoms with Gasteiger partial charge in [-0.1, -0.05) is 26.0 Å². The monoisotopic (exact) mass is 259 g/mol. The van der Waals surface area contributed by atoms with Gasteiger partial charge in [-0.3, -0.25) is 0 Å². The minimum Gasteiger partial charge on any atom is -0.396 e. The summed E-state index contributed by atoms with van der Waals surface area (Å²) in [5.41, 5.74) is 4.92. The van der Waals surface area contributed by atoms with Crippen LogP contribution in [0, 0.1) is 17.6 Å². The van der Waals surface area contributed by atoms with Crippen molar-refractivity contribution in [3.63, 3.8) is 0 Å². The van der Waals surface area contributed by atoms with Gasteiger partial charge in [0, 0.05) is 11.5 Å². The quantitative estimate of drug-likeness (QED) is 0.851. The summed E-state index contributed by atoms with van der Waals surface area (Å²) in [6.07, 6.45) is 0. The van der Waals surface area contributed by atoms with Crippen molar-refractivity contribution in [2.24, 2.45) is 11.7 Å². The topological polar surface area (TPSA) is 55.5 Å². The van der Waals surface area contributed by atoms with Crippen LogP contribution < -0.4 is 5.73 Å². The van der Waals surface area contributed by atoms with Crippen LogP contribution in [0.2, 0.25) is 0 Å². The number of benzene rings is 1. The zero-order valence-corrected chi connectivity index (χ0v) is 10.6. The Balaban J connectivity index is 0.000000771. The maximum absolute atomic E-state index is 13.6. The lowest BCUT2D eigenvalue weighted by atomic mass is 9.81. The molecule has 2 atom stereocenters. The minimum atomic E-state index is -1.15. The maximum atomic E-state index is 13.6. The van der Waals surface area contributed by atoms with Crippen LogP contribution in [0.25, 0.3) is 0 Å². The molecule has 1 aromatic carbocycles. The van der Waals surface area contributed by atoms with Gasteiger partial charge in [0.05, 0.1) is 25.4 Å². The summed E-state index contributed by atoms with van der Waals surface area (Å²) >= 11 is 0. The van der Waals surface area contributed by atoms with Crippen molar-refractivity contribution in [3.05, 3.63) is 35.4 Å². The summed E-state index contributed by atoms with van der Waals surface area (Å²) in [7, 11) is 0. The molecule has 1 aliphatic rings. The molecule has 2 unspecified atom stereocenters. The third kappa shape index (κ3) is 2.53. The van der Waals surface area contributed by atoms with Crippen LogP contribution >= 0.6 is 0 Å². The summed E-state index contributed by atoms with van der Waals surface area (Å²) < 4.78 is 31.9. The molecule has 3 nitrogen and oxygen atoms in total. The third-order valence-corrected chi connectivity index (χ3v) is 3.06. The molecule has 1 aliphatic heterocycles. The summed E-state index contributed by atoms with van der Waals surface area (Å²) in [4.78, 5) is 0. The Hall–Kier alpha value is -1.04. The lowest BCUT2D eigenvalue weighted by molar-refractivity contribution is 0.160. The highest BCUT2D eigenvalue weighted by Crippen LogP contribution is 2.34. The highest BCUT2D eigenvalue weighted by atomic mass is 19.2. The van der Waals surface area contributed by atoms with Crippen molar-refractivity contribution < 1.29 is 18.6 Å². The SMILES string of the molecule is CC.NC1(c2cccc(F)c2F)COCC1CO. The van der Waals surface area contributed by atoms with Gasteiger partial charge in [0.1, 0.15) is 0 Å². The largest absolute Gasteiger partial charge is 0.396 e. The fourth-order valence-electron chi connectivity index (χ4n) is 2.01. The number of aliphatic hydroxyl groups excluding tert-OH is 1. The van der Waals surface area contributed by atoms with Gasteiger partial charge >= 0.3 is 0 Å². The molecule has 1 saturated heterocycles. The molecule has 5 heteroatoms. The number of hydrogen-bond acceptors (Lipinski definition) is 3. The predicted molar refractivity (Wildman–Crippen MR) is 65.0 cm³/mol. The van der Waals surface area contributed by atoms with Crippen molar-refractivity contribution in [2.75, 3.05) is 19.8 Å². The summed E-state index contributed by atoms with van der Waals surface area (Å²) in [5.74, 6) is -2.32. The first kappa shape index (κ1) is 15.0. The van der Waals surface area contributed by atoms with E-state index in [1.54, 1.807) is 0 Å². The van der Waals surface area contributed by atoms with Crippen molar-refractivity contribution in [2.45, 2.75) is 19.4 Å². The molecule has 1 aromatic rings. The first-order valence-corrected chi connectivity index (χ1v) is 6.01. The van der Waals surface area contributed by atoms with Crippen LogP contribution in [0.15, 0.2) is 18.2 Å². The second kappa shape index (κ2) is 6.22. The molecule has 0 amide bonds. The Labute approximate surface area is 106 Å². The average Bonchev–Trinajstić information content (AvgIpc) is 2.77. The molecule has 0 aliphatic carbocycles. The van der Waals surface area contributed by atoms with Gasteiger partial charge in [0.2, 0.25) is 0 Å². The molecule has 1 heterocycles. The summed E-state index contributed by atoms with van der Waals surface area (Å²) in [6.45, 7) is 4.12. The fraction of sp³-hybridized carbons (Fsp3) is 0.538. The molecular weight excluding hydrogens is 240 g/mol. The van der Waals surface area contributed by atoms with Crippen LogP contribution in [0.4, 0.5) is 8.78 Å². The lowest BCUT2D eigenvalue weighted by Gasteiger charge is -2.29. The van der Waals surface area contributed by atoms with Gasteiger partial charge in [0.15, 0.2) is 11.6 Å². The third-order valence-electron chi connectivity index (χ3n) is 3.06. The normalized spacial score (nSPS) is 26.7. The van der Waals surface area contributed by atoms with E-state index < -0.39 is 23.1 Å². The Morgan fingerprint density at radius 2 is 2.11 bits per heavy atom. The number of aliphatic hydroxyl groups is 1. The van der Waals surface area contributed by atoms with Crippen LogP contribution in [-0.2, 0) is 10.3 Å². The molecular formula is C13H19F2NO2. The molecule has 0 radical (unpaired) electrons. The predicted octanol–water partition coefficient (Wildman–Crippen LogP) is 1.78. The Morgan fingerprint density at radius 3 is 2.72 bits per heavy atom. The van der Waals surface area contributed by atoms with Gasteiger partial charge in [-0.25, -0.2) is 8.78 Å². The highest BCUT2D eigenvalue weighted by Gasteiger charge is 2.43. The van der Waals surface area contributed by atoms with E-state index in [1.807, 2.05) is 13.8 Å². The number of rotatable bonds is 2.